The van der Waals surface area contributed by atoms with Crippen LogP contribution in [0.1, 0.15) is 19.7 Å². The number of oxazole rings is 1. The monoisotopic (exact) mass is 330 g/mol. The fraction of sp³-hybridized carbons (Fsp3) is 0.412. The second kappa shape index (κ2) is 7.10. The van der Waals surface area contributed by atoms with E-state index in [4.69, 9.17) is 4.42 Å². The van der Waals surface area contributed by atoms with Gasteiger partial charge in [-0.25, -0.2) is 9.97 Å². The van der Waals surface area contributed by atoms with Gasteiger partial charge in [0.2, 0.25) is 0 Å². The van der Waals surface area contributed by atoms with Crippen LogP contribution in [0.5, 0.6) is 0 Å². The average Bonchev–Trinajstić information content (AvgIpc) is 3.25. The third kappa shape index (κ3) is 3.09. The number of nitrogens with zero attached hydrogens (tertiary/aromatic N) is 3. The predicted molar refractivity (Wildman–Crippen MR) is 96.3 cm³/mol. The summed E-state index contributed by atoms with van der Waals surface area (Å²) < 4.78 is 5.87. The minimum Gasteiger partial charge on any atom is -0.440 e. The van der Waals surface area contributed by atoms with Gasteiger partial charge in [0.1, 0.15) is 0 Å². The molecule has 6 heteroatoms. The minimum atomic E-state index is 0.686. The molecular formula is C17H22N4OS. The van der Waals surface area contributed by atoms with Crippen LogP contribution in [0.25, 0.3) is 22.2 Å². The van der Waals surface area contributed by atoms with E-state index >= 15 is 0 Å². The van der Waals surface area contributed by atoms with Crippen LogP contribution in [0.15, 0.2) is 27.4 Å². The molecule has 23 heavy (non-hydrogen) atoms. The van der Waals surface area contributed by atoms with E-state index in [1.165, 1.54) is 0 Å². The summed E-state index contributed by atoms with van der Waals surface area (Å²) in [4.78, 5) is 11.5. The Labute approximate surface area is 140 Å². The number of hydrogen-bond acceptors (Lipinski definition) is 6. The normalized spacial score (nSPS) is 14.7. The van der Waals surface area contributed by atoms with Crippen molar-refractivity contribution >= 4 is 28.3 Å². The number of pyridine rings is 1. The molecule has 0 bridgehead atoms. The fourth-order valence-electron chi connectivity index (χ4n) is 2.74. The smallest absolute Gasteiger partial charge is 0.192 e. The highest BCUT2D eigenvalue weighted by Crippen LogP contribution is 2.34. The lowest BCUT2D eigenvalue weighted by molar-refractivity contribution is 0.561. The lowest BCUT2D eigenvalue weighted by Gasteiger charge is -2.28. The Bertz CT molecular complexity index is 760. The number of fused-ring (bicyclic) bond motifs is 1. The van der Waals surface area contributed by atoms with Gasteiger partial charge in [0.25, 0.3) is 0 Å². The maximum atomic E-state index is 5.87. The van der Waals surface area contributed by atoms with Crippen molar-refractivity contribution in [1.29, 1.82) is 0 Å². The number of aryl methyl sites for hydroxylation is 1. The Morgan fingerprint density at radius 2 is 2.04 bits per heavy atom. The molecule has 0 aromatic carbocycles. The van der Waals surface area contributed by atoms with Gasteiger partial charge in [0.15, 0.2) is 22.8 Å². The highest BCUT2D eigenvalue weighted by Gasteiger charge is 2.20. The van der Waals surface area contributed by atoms with Crippen molar-refractivity contribution in [2.75, 3.05) is 31.1 Å². The first kappa shape index (κ1) is 16.0. The number of thiophene rings is 1. The molecule has 0 saturated carbocycles. The van der Waals surface area contributed by atoms with Crippen LogP contribution in [-0.2, 0) is 0 Å². The molecule has 1 N–H and O–H groups in total. The summed E-state index contributed by atoms with van der Waals surface area (Å²) in [6.45, 7) is 9.75. The van der Waals surface area contributed by atoms with E-state index in [1.54, 1.807) is 11.3 Å². The van der Waals surface area contributed by atoms with Gasteiger partial charge in [0, 0.05) is 44.9 Å². The second-order valence-corrected chi connectivity index (χ2v) is 5.94. The van der Waals surface area contributed by atoms with Crippen molar-refractivity contribution in [1.82, 2.24) is 15.3 Å². The highest BCUT2D eigenvalue weighted by atomic mass is 32.1. The Morgan fingerprint density at radius 1 is 1.26 bits per heavy atom. The van der Waals surface area contributed by atoms with E-state index in [-0.39, 0.29) is 0 Å². The molecule has 3 aromatic rings. The van der Waals surface area contributed by atoms with E-state index in [2.05, 4.69) is 37.0 Å². The van der Waals surface area contributed by atoms with E-state index in [9.17, 15) is 0 Å². The number of aromatic nitrogens is 2. The van der Waals surface area contributed by atoms with Gasteiger partial charge in [-0.1, -0.05) is 13.8 Å². The SMILES string of the molecule is CC.Cc1nc2c(N3CCNCC3)ncc(-c3ccsc3)c2o1. The van der Waals surface area contributed by atoms with Gasteiger partial charge >= 0.3 is 0 Å². The van der Waals surface area contributed by atoms with Gasteiger partial charge < -0.3 is 14.6 Å². The zero-order valence-corrected chi connectivity index (χ0v) is 14.6. The quantitative estimate of drug-likeness (QED) is 0.776. The van der Waals surface area contributed by atoms with E-state index in [1.807, 2.05) is 27.0 Å². The molecule has 0 spiro atoms. The molecule has 122 valence electrons. The van der Waals surface area contributed by atoms with Crippen molar-refractivity contribution < 1.29 is 4.42 Å². The van der Waals surface area contributed by atoms with Crippen LogP contribution < -0.4 is 10.2 Å². The van der Waals surface area contributed by atoms with Crippen LogP contribution in [0, 0.1) is 6.92 Å². The zero-order chi connectivity index (χ0) is 16.2. The van der Waals surface area contributed by atoms with Crippen molar-refractivity contribution in [2.45, 2.75) is 20.8 Å². The third-order valence-electron chi connectivity index (χ3n) is 3.76. The standard InChI is InChI=1S/C15H16N4OS.C2H6/c1-10-18-13-14(20-10)12(11-2-7-21-9-11)8-17-15(13)19-5-3-16-4-6-19;1-2/h2,7-9,16H,3-6H2,1H3;1-2H3. The summed E-state index contributed by atoms with van der Waals surface area (Å²) in [5, 5.41) is 7.53. The Balaban J connectivity index is 0.000000753. The summed E-state index contributed by atoms with van der Waals surface area (Å²) in [5.41, 5.74) is 3.87. The Hall–Kier alpha value is -1.92. The number of rotatable bonds is 2. The number of nitrogens with one attached hydrogen (secondary N) is 1. The first-order valence-electron chi connectivity index (χ1n) is 8.07. The molecule has 0 unspecified atom stereocenters. The maximum Gasteiger partial charge on any atom is 0.192 e. The van der Waals surface area contributed by atoms with E-state index in [0.29, 0.717) is 5.89 Å². The van der Waals surface area contributed by atoms with Gasteiger partial charge in [-0.3, -0.25) is 0 Å². The van der Waals surface area contributed by atoms with E-state index < -0.39 is 0 Å². The lowest BCUT2D eigenvalue weighted by Crippen LogP contribution is -2.44. The molecule has 5 nitrogen and oxygen atoms in total. The summed E-state index contributed by atoms with van der Waals surface area (Å²) in [7, 11) is 0. The molecular weight excluding hydrogens is 308 g/mol. The van der Waals surface area contributed by atoms with Crippen LogP contribution in [0.3, 0.4) is 0 Å². The summed E-state index contributed by atoms with van der Waals surface area (Å²) >= 11 is 1.67. The van der Waals surface area contributed by atoms with Gasteiger partial charge in [-0.15, -0.1) is 0 Å². The molecule has 4 heterocycles. The number of hydrogen-bond donors (Lipinski definition) is 1. The molecule has 0 amide bonds. The predicted octanol–water partition coefficient (Wildman–Crippen LogP) is 3.70. The molecule has 0 aliphatic carbocycles. The van der Waals surface area contributed by atoms with Crippen molar-refractivity contribution in [3.63, 3.8) is 0 Å². The number of piperazine rings is 1. The fourth-order valence-corrected chi connectivity index (χ4v) is 3.39. The molecule has 4 rings (SSSR count). The summed E-state index contributed by atoms with van der Waals surface area (Å²) in [5.74, 6) is 1.62. The van der Waals surface area contributed by atoms with Crippen molar-refractivity contribution in [3.05, 3.63) is 28.9 Å². The zero-order valence-electron chi connectivity index (χ0n) is 13.8. The van der Waals surface area contributed by atoms with Gasteiger partial charge in [0.05, 0.1) is 0 Å². The molecule has 1 fully saturated rings. The van der Waals surface area contributed by atoms with Crippen molar-refractivity contribution in [2.24, 2.45) is 0 Å². The summed E-state index contributed by atoms with van der Waals surface area (Å²) in [6.07, 6.45) is 1.91. The Kier molecular flexibility index (Phi) is 4.93. The second-order valence-electron chi connectivity index (χ2n) is 5.16. The first-order valence-corrected chi connectivity index (χ1v) is 9.01. The molecule has 1 aliphatic heterocycles. The molecule has 0 atom stereocenters. The topological polar surface area (TPSA) is 54.2 Å². The van der Waals surface area contributed by atoms with Crippen LogP contribution in [0.2, 0.25) is 0 Å². The largest absolute Gasteiger partial charge is 0.440 e. The van der Waals surface area contributed by atoms with Gasteiger partial charge in [-0.2, -0.15) is 11.3 Å². The third-order valence-corrected chi connectivity index (χ3v) is 4.44. The minimum absolute atomic E-state index is 0.686. The van der Waals surface area contributed by atoms with Gasteiger partial charge in [-0.05, 0) is 22.4 Å². The van der Waals surface area contributed by atoms with Crippen LogP contribution in [-0.4, -0.2) is 36.1 Å². The first-order chi connectivity index (χ1) is 11.3. The maximum absolute atomic E-state index is 5.87. The Morgan fingerprint density at radius 3 is 2.74 bits per heavy atom. The lowest BCUT2D eigenvalue weighted by atomic mass is 10.1. The number of anilines is 1. The molecule has 0 radical (unpaired) electrons. The van der Waals surface area contributed by atoms with Crippen molar-refractivity contribution in [3.8, 4) is 11.1 Å². The highest BCUT2D eigenvalue weighted by molar-refractivity contribution is 7.08. The van der Waals surface area contributed by atoms with Crippen LogP contribution in [0.4, 0.5) is 5.82 Å². The molecule has 1 aliphatic rings. The van der Waals surface area contributed by atoms with E-state index in [0.717, 1.165) is 54.2 Å². The summed E-state index contributed by atoms with van der Waals surface area (Å²) in [6, 6.07) is 2.09. The molecule has 1 saturated heterocycles. The average molecular weight is 330 g/mol. The molecule has 3 aromatic heterocycles. The van der Waals surface area contributed by atoms with Crippen LogP contribution >= 0.6 is 11.3 Å².